The summed E-state index contributed by atoms with van der Waals surface area (Å²) in [6.07, 6.45) is -0.670. The van der Waals surface area contributed by atoms with E-state index in [1.165, 1.54) is 0 Å². The molecule has 1 aliphatic rings. The average molecular weight is 238 g/mol. The number of nitrogens with two attached hydrogens (primary N) is 2. The molecule has 0 radical (unpaired) electrons. The van der Waals surface area contributed by atoms with Crippen LogP contribution in [0.5, 0.6) is 5.75 Å². The highest BCUT2D eigenvalue weighted by Crippen LogP contribution is 2.19. The third-order valence-corrected chi connectivity index (χ3v) is 2.99. The van der Waals surface area contributed by atoms with Gasteiger partial charge in [-0.05, 0) is 12.1 Å². The summed E-state index contributed by atoms with van der Waals surface area (Å²) in [7, 11) is 0. The first-order valence-electron chi connectivity index (χ1n) is 5.67. The van der Waals surface area contributed by atoms with Gasteiger partial charge in [0.2, 0.25) is 0 Å². The van der Waals surface area contributed by atoms with Crippen molar-refractivity contribution in [2.45, 2.75) is 24.3 Å². The molecule has 1 fully saturated rings. The Labute approximate surface area is 100 Å². The van der Waals surface area contributed by atoms with Crippen molar-refractivity contribution >= 4 is 0 Å². The third kappa shape index (κ3) is 2.76. The van der Waals surface area contributed by atoms with Gasteiger partial charge in [-0.1, -0.05) is 18.2 Å². The fraction of sp³-hybridized carbons (Fsp3) is 0.500. The van der Waals surface area contributed by atoms with Crippen LogP contribution in [0.3, 0.4) is 0 Å². The maximum atomic E-state index is 9.06. The molecule has 0 saturated carbocycles. The van der Waals surface area contributed by atoms with E-state index in [0.717, 1.165) is 5.75 Å². The molecule has 2 rings (SSSR count). The van der Waals surface area contributed by atoms with Gasteiger partial charge in [-0.2, -0.15) is 0 Å². The maximum Gasteiger partial charge on any atom is 0.119 e. The molecule has 0 aromatic heterocycles. The van der Waals surface area contributed by atoms with Gasteiger partial charge < -0.3 is 26.0 Å². The van der Waals surface area contributed by atoms with E-state index < -0.39 is 6.10 Å². The standard InChI is InChI=1S/C12H18N2O3/c13-11-9(6-15)17-10(12(11)14)7-16-8-4-2-1-3-5-8/h1-5,9-12,15H,6-7,13-14H2/t9-,10+,11-,12-/m0/s1. The van der Waals surface area contributed by atoms with Crippen LogP contribution in [-0.4, -0.2) is 42.6 Å². The van der Waals surface area contributed by atoms with Crippen LogP contribution in [0.4, 0.5) is 0 Å². The minimum Gasteiger partial charge on any atom is -0.491 e. The lowest BCUT2D eigenvalue weighted by atomic mass is 10.0. The second kappa shape index (κ2) is 5.46. The van der Waals surface area contributed by atoms with Gasteiger partial charge in [-0.15, -0.1) is 0 Å². The third-order valence-electron chi connectivity index (χ3n) is 2.99. The first kappa shape index (κ1) is 12.3. The molecule has 1 aliphatic heterocycles. The van der Waals surface area contributed by atoms with Crippen LogP contribution in [0.15, 0.2) is 30.3 Å². The predicted octanol–water partition coefficient (Wildman–Crippen LogP) is -0.520. The second-order valence-electron chi connectivity index (χ2n) is 4.17. The normalized spacial score (nSPS) is 32.6. The first-order valence-corrected chi connectivity index (χ1v) is 5.67. The van der Waals surface area contributed by atoms with Crippen LogP contribution in [0.2, 0.25) is 0 Å². The second-order valence-corrected chi connectivity index (χ2v) is 4.17. The van der Waals surface area contributed by atoms with E-state index in [0.29, 0.717) is 6.61 Å². The molecule has 94 valence electrons. The molecule has 0 aliphatic carbocycles. The van der Waals surface area contributed by atoms with Crippen LogP contribution in [-0.2, 0) is 4.74 Å². The van der Waals surface area contributed by atoms with Gasteiger partial charge in [0.25, 0.3) is 0 Å². The van der Waals surface area contributed by atoms with E-state index in [1.54, 1.807) is 0 Å². The molecule has 4 atom stereocenters. The van der Waals surface area contributed by atoms with Gasteiger partial charge in [-0.3, -0.25) is 0 Å². The molecular formula is C12H18N2O3. The highest BCUT2D eigenvalue weighted by molar-refractivity contribution is 5.21. The van der Waals surface area contributed by atoms with Crippen molar-refractivity contribution in [1.29, 1.82) is 0 Å². The number of aliphatic hydroxyl groups excluding tert-OH is 1. The number of hydrogen-bond donors (Lipinski definition) is 3. The van der Waals surface area contributed by atoms with Crippen LogP contribution in [0, 0.1) is 0 Å². The predicted molar refractivity (Wildman–Crippen MR) is 63.6 cm³/mol. The fourth-order valence-electron chi connectivity index (χ4n) is 1.91. The molecule has 0 spiro atoms. The molecule has 17 heavy (non-hydrogen) atoms. The molecule has 0 bridgehead atoms. The van der Waals surface area contributed by atoms with E-state index >= 15 is 0 Å². The molecule has 1 saturated heterocycles. The Morgan fingerprint density at radius 3 is 2.35 bits per heavy atom. The smallest absolute Gasteiger partial charge is 0.119 e. The van der Waals surface area contributed by atoms with Crippen LogP contribution in [0.1, 0.15) is 0 Å². The molecule has 1 heterocycles. The van der Waals surface area contributed by atoms with E-state index in [2.05, 4.69) is 0 Å². The molecule has 5 N–H and O–H groups in total. The summed E-state index contributed by atoms with van der Waals surface area (Å²) in [4.78, 5) is 0. The lowest BCUT2D eigenvalue weighted by molar-refractivity contribution is -0.0122. The zero-order valence-corrected chi connectivity index (χ0v) is 9.53. The maximum absolute atomic E-state index is 9.06. The Bertz CT molecular complexity index is 347. The van der Waals surface area contributed by atoms with E-state index in [9.17, 15) is 0 Å². The monoisotopic (exact) mass is 238 g/mol. The van der Waals surface area contributed by atoms with Crippen molar-refractivity contribution in [1.82, 2.24) is 0 Å². The zero-order chi connectivity index (χ0) is 12.3. The largest absolute Gasteiger partial charge is 0.491 e. The minimum absolute atomic E-state index is 0.114. The summed E-state index contributed by atoms with van der Waals surface area (Å²) in [6, 6.07) is 8.79. The molecule has 0 unspecified atom stereocenters. The lowest BCUT2D eigenvalue weighted by Gasteiger charge is -2.16. The molecule has 1 aromatic rings. The number of benzene rings is 1. The summed E-state index contributed by atoms with van der Waals surface area (Å²) in [5.74, 6) is 0.768. The van der Waals surface area contributed by atoms with Crippen molar-refractivity contribution in [3.8, 4) is 5.75 Å². The molecule has 5 nitrogen and oxygen atoms in total. The molecule has 1 aromatic carbocycles. The zero-order valence-electron chi connectivity index (χ0n) is 9.53. The number of ether oxygens (including phenoxy) is 2. The van der Waals surface area contributed by atoms with Crippen LogP contribution < -0.4 is 16.2 Å². The molecule has 0 amide bonds. The van der Waals surface area contributed by atoms with Gasteiger partial charge in [-0.25, -0.2) is 0 Å². The SMILES string of the molecule is N[C@@H]1[C@@H](N)[C@@H](COc2ccccc2)O[C@H]1CO. The highest BCUT2D eigenvalue weighted by Gasteiger charge is 2.40. The summed E-state index contributed by atoms with van der Waals surface area (Å²) in [5.41, 5.74) is 11.7. The van der Waals surface area contributed by atoms with Gasteiger partial charge >= 0.3 is 0 Å². The summed E-state index contributed by atoms with van der Waals surface area (Å²) >= 11 is 0. The summed E-state index contributed by atoms with van der Waals surface area (Å²) in [6.45, 7) is 0.228. The number of aliphatic hydroxyl groups is 1. The Hall–Kier alpha value is -1.14. The van der Waals surface area contributed by atoms with Gasteiger partial charge in [0, 0.05) is 0 Å². The average Bonchev–Trinajstić information content (AvgIpc) is 2.65. The van der Waals surface area contributed by atoms with Crippen molar-refractivity contribution < 1.29 is 14.6 Å². The van der Waals surface area contributed by atoms with Crippen molar-refractivity contribution in [3.63, 3.8) is 0 Å². The van der Waals surface area contributed by atoms with E-state index in [4.69, 9.17) is 26.0 Å². The van der Waals surface area contributed by atoms with Crippen molar-refractivity contribution in [2.24, 2.45) is 11.5 Å². The Morgan fingerprint density at radius 1 is 1.12 bits per heavy atom. The van der Waals surface area contributed by atoms with Crippen molar-refractivity contribution in [3.05, 3.63) is 30.3 Å². The topological polar surface area (TPSA) is 90.7 Å². The van der Waals surface area contributed by atoms with Crippen LogP contribution in [0.25, 0.3) is 0 Å². The number of hydrogen-bond acceptors (Lipinski definition) is 5. The Balaban J connectivity index is 1.88. The number of para-hydroxylation sites is 1. The summed E-state index contributed by atoms with van der Waals surface area (Å²) < 4.78 is 11.1. The highest BCUT2D eigenvalue weighted by atomic mass is 16.6. The van der Waals surface area contributed by atoms with E-state index in [1.807, 2.05) is 30.3 Å². The lowest BCUT2D eigenvalue weighted by Crippen LogP contribution is -2.48. The Kier molecular flexibility index (Phi) is 3.96. The summed E-state index contributed by atoms with van der Waals surface area (Å²) in [5, 5.41) is 9.06. The number of rotatable bonds is 4. The van der Waals surface area contributed by atoms with Gasteiger partial charge in [0.15, 0.2) is 0 Å². The van der Waals surface area contributed by atoms with Crippen molar-refractivity contribution in [2.75, 3.05) is 13.2 Å². The molecular weight excluding hydrogens is 220 g/mol. The fourth-order valence-corrected chi connectivity index (χ4v) is 1.91. The molecule has 5 heteroatoms. The first-order chi connectivity index (χ1) is 8.22. The van der Waals surface area contributed by atoms with Crippen LogP contribution >= 0.6 is 0 Å². The minimum atomic E-state index is -0.394. The van der Waals surface area contributed by atoms with Gasteiger partial charge in [0.1, 0.15) is 18.5 Å². The van der Waals surface area contributed by atoms with Gasteiger partial charge in [0.05, 0.1) is 24.8 Å². The quantitative estimate of drug-likeness (QED) is 0.656. The van der Waals surface area contributed by atoms with E-state index in [-0.39, 0.29) is 24.8 Å². The Morgan fingerprint density at radius 2 is 1.76 bits per heavy atom.